The Hall–Kier alpha value is -1.62. The van der Waals surface area contributed by atoms with Crippen LogP contribution in [-0.4, -0.2) is 10.1 Å². The second kappa shape index (κ2) is 4.49. The molecule has 0 saturated carbocycles. The minimum atomic E-state index is -0.168. The maximum Gasteiger partial charge on any atom is 0.293 e. The van der Waals surface area contributed by atoms with Crippen LogP contribution >= 0.6 is 0 Å². The Kier molecular flexibility index (Phi) is 3.05. The minimum Gasteiger partial charge on any atom is -0.456 e. The first-order chi connectivity index (χ1) is 7.70. The molecule has 0 radical (unpaired) electrons. The number of furan rings is 1. The lowest BCUT2D eigenvalue weighted by Crippen LogP contribution is -2.11. The summed E-state index contributed by atoms with van der Waals surface area (Å²) in [4.78, 5) is 4.22. The van der Waals surface area contributed by atoms with E-state index in [0.29, 0.717) is 17.5 Å². The van der Waals surface area contributed by atoms with Crippen LogP contribution in [0.25, 0.3) is 11.7 Å². The van der Waals surface area contributed by atoms with Gasteiger partial charge in [0.1, 0.15) is 5.76 Å². The number of rotatable bonds is 4. The van der Waals surface area contributed by atoms with E-state index >= 15 is 0 Å². The fourth-order valence-electron chi connectivity index (χ4n) is 1.48. The first kappa shape index (κ1) is 10.9. The van der Waals surface area contributed by atoms with Crippen LogP contribution in [0.3, 0.4) is 0 Å². The molecular formula is C11H15N3O2. The molecule has 86 valence electrons. The smallest absolute Gasteiger partial charge is 0.293 e. The van der Waals surface area contributed by atoms with Crippen LogP contribution in [0.15, 0.2) is 21.1 Å². The lowest BCUT2D eigenvalue weighted by atomic mass is 10.2. The molecule has 0 amide bonds. The predicted octanol–water partition coefficient (Wildman–Crippen LogP) is 2.44. The van der Waals surface area contributed by atoms with E-state index in [1.165, 1.54) is 0 Å². The molecule has 5 heteroatoms. The molecule has 2 rings (SSSR count). The van der Waals surface area contributed by atoms with Gasteiger partial charge in [-0.25, -0.2) is 0 Å². The lowest BCUT2D eigenvalue weighted by Gasteiger charge is -2.02. The SMILES string of the molecule is CCCC(N)c1noc(-c2ccc(C)o2)n1. The highest BCUT2D eigenvalue weighted by Crippen LogP contribution is 2.22. The summed E-state index contributed by atoms with van der Waals surface area (Å²) in [6.07, 6.45) is 1.83. The van der Waals surface area contributed by atoms with Crippen LogP contribution < -0.4 is 5.73 Å². The first-order valence-corrected chi connectivity index (χ1v) is 5.36. The normalized spacial score (nSPS) is 12.9. The fourth-order valence-corrected chi connectivity index (χ4v) is 1.48. The van der Waals surface area contributed by atoms with Crippen molar-refractivity contribution in [1.82, 2.24) is 10.1 Å². The third kappa shape index (κ3) is 2.14. The summed E-state index contributed by atoms with van der Waals surface area (Å²) in [5.74, 6) is 2.31. The predicted molar refractivity (Wildman–Crippen MR) is 58.6 cm³/mol. The molecule has 0 aliphatic carbocycles. The van der Waals surface area contributed by atoms with Gasteiger partial charge in [-0.2, -0.15) is 4.98 Å². The van der Waals surface area contributed by atoms with Crippen LogP contribution in [0.1, 0.15) is 37.4 Å². The molecule has 1 atom stereocenters. The summed E-state index contributed by atoms with van der Waals surface area (Å²) < 4.78 is 10.5. The van der Waals surface area contributed by atoms with Crippen LogP contribution in [-0.2, 0) is 0 Å². The molecular weight excluding hydrogens is 206 g/mol. The second-order valence-electron chi connectivity index (χ2n) is 3.76. The topological polar surface area (TPSA) is 78.1 Å². The van der Waals surface area contributed by atoms with E-state index in [1.54, 1.807) is 6.07 Å². The van der Waals surface area contributed by atoms with Crippen molar-refractivity contribution in [3.05, 3.63) is 23.7 Å². The Labute approximate surface area is 93.6 Å². The zero-order chi connectivity index (χ0) is 11.5. The Balaban J connectivity index is 2.19. The summed E-state index contributed by atoms with van der Waals surface area (Å²) in [5, 5.41) is 3.85. The molecule has 0 aromatic carbocycles. The molecule has 0 aliphatic heterocycles. The maximum atomic E-state index is 5.89. The molecule has 0 bridgehead atoms. The molecule has 0 spiro atoms. The maximum absolute atomic E-state index is 5.89. The second-order valence-corrected chi connectivity index (χ2v) is 3.76. The van der Waals surface area contributed by atoms with Gasteiger partial charge in [-0.05, 0) is 25.5 Å². The van der Waals surface area contributed by atoms with Crippen molar-refractivity contribution < 1.29 is 8.94 Å². The van der Waals surface area contributed by atoms with Gasteiger partial charge in [0, 0.05) is 0 Å². The van der Waals surface area contributed by atoms with Gasteiger partial charge in [-0.15, -0.1) is 0 Å². The summed E-state index contributed by atoms with van der Waals surface area (Å²) >= 11 is 0. The van der Waals surface area contributed by atoms with E-state index in [2.05, 4.69) is 17.1 Å². The van der Waals surface area contributed by atoms with Gasteiger partial charge in [0.2, 0.25) is 0 Å². The Morgan fingerprint density at radius 2 is 2.25 bits per heavy atom. The third-order valence-electron chi connectivity index (χ3n) is 2.32. The number of aromatic nitrogens is 2. The van der Waals surface area contributed by atoms with Gasteiger partial charge >= 0.3 is 0 Å². The number of nitrogens with zero attached hydrogens (tertiary/aromatic N) is 2. The Bertz CT molecular complexity index is 461. The highest BCUT2D eigenvalue weighted by atomic mass is 16.5. The van der Waals surface area contributed by atoms with Crippen LogP contribution in [0.2, 0.25) is 0 Å². The monoisotopic (exact) mass is 221 g/mol. The molecule has 2 heterocycles. The van der Waals surface area contributed by atoms with Crippen molar-refractivity contribution in [3.8, 4) is 11.7 Å². The van der Waals surface area contributed by atoms with Gasteiger partial charge in [0.15, 0.2) is 11.6 Å². The lowest BCUT2D eigenvalue weighted by molar-refractivity contribution is 0.400. The van der Waals surface area contributed by atoms with Crippen molar-refractivity contribution in [1.29, 1.82) is 0 Å². The fraction of sp³-hybridized carbons (Fsp3) is 0.455. The minimum absolute atomic E-state index is 0.168. The van der Waals surface area contributed by atoms with Gasteiger partial charge in [0.05, 0.1) is 6.04 Å². The third-order valence-corrected chi connectivity index (χ3v) is 2.32. The average Bonchev–Trinajstić information content (AvgIpc) is 2.85. The van der Waals surface area contributed by atoms with E-state index in [1.807, 2.05) is 13.0 Å². The van der Waals surface area contributed by atoms with Gasteiger partial charge in [-0.3, -0.25) is 0 Å². The highest BCUT2D eigenvalue weighted by Gasteiger charge is 2.16. The van der Waals surface area contributed by atoms with Gasteiger partial charge < -0.3 is 14.7 Å². The Morgan fingerprint density at radius 3 is 2.88 bits per heavy atom. The zero-order valence-electron chi connectivity index (χ0n) is 9.43. The molecule has 5 nitrogen and oxygen atoms in total. The molecule has 0 saturated heterocycles. The Morgan fingerprint density at radius 1 is 1.44 bits per heavy atom. The average molecular weight is 221 g/mol. The van der Waals surface area contributed by atoms with E-state index in [9.17, 15) is 0 Å². The van der Waals surface area contributed by atoms with Gasteiger partial charge in [0.25, 0.3) is 5.89 Å². The molecule has 1 unspecified atom stereocenters. The van der Waals surface area contributed by atoms with Crippen molar-refractivity contribution in [2.75, 3.05) is 0 Å². The molecule has 2 aromatic rings. The highest BCUT2D eigenvalue weighted by molar-refractivity contribution is 5.44. The van der Waals surface area contributed by atoms with Crippen LogP contribution in [0, 0.1) is 6.92 Å². The number of hydrogen-bond donors (Lipinski definition) is 1. The standard InChI is InChI=1S/C11H15N3O2/c1-3-4-8(12)10-13-11(16-14-10)9-6-5-7(2)15-9/h5-6,8H,3-4,12H2,1-2H3. The number of nitrogens with two attached hydrogens (primary N) is 1. The van der Waals surface area contributed by atoms with Crippen molar-refractivity contribution in [2.45, 2.75) is 32.7 Å². The van der Waals surface area contributed by atoms with Crippen LogP contribution in [0.5, 0.6) is 0 Å². The number of aryl methyl sites for hydroxylation is 1. The number of hydrogen-bond acceptors (Lipinski definition) is 5. The molecule has 2 N–H and O–H groups in total. The molecule has 0 fully saturated rings. The largest absolute Gasteiger partial charge is 0.456 e. The van der Waals surface area contributed by atoms with E-state index in [-0.39, 0.29) is 6.04 Å². The molecule has 16 heavy (non-hydrogen) atoms. The van der Waals surface area contributed by atoms with Crippen molar-refractivity contribution >= 4 is 0 Å². The summed E-state index contributed by atoms with van der Waals surface area (Å²) in [6, 6.07) is 3.49. The summed E-state index contributed by atoms with van der Waals surface area (Å²) in [5.41, 5.74) is 5.89. The van der Waals surface area contributed by atoms with Crippen molar-refractivity contribution in [2.24, 2.45) is 5.73 Å². The quantitative estimate of drug-likeness (QED) is 0.857. The van der Waals surface area contributed by atoms with Crippen molar-refractivity contribution in [3.63, 3.8) is 0 Å². The summed E-state index contributed by atoms with van der Waals surface area (Å²) in [6.45, 7) is 3.93. The van der Waals surface area contributed by atoms with Gasteiger partial charge in [-0.1, -0.05) is 18.5 Å². The molecule has 0 aliphatic rings. The van der Waals surface area contributed by atoms with E-state index in [0.717, 1.165) is 18.6 Å². The van der Waals surface area contributed by atoms with Crippen LogP contribution in [0.4, 0.5) is 0 Å². The molecule has 2 aromatic heterocycles. The first-order valence-electron chi connectivity index (χ1n) is 5.36. The zero-order valence-corrected chi connectivity index (χ0v) is 9.43. The van der Waals surface area contributed by atoms with E-state index < -0.39 is 0 Å². The summed E-state index contributed by atoms with van der Waals surface area (Å²) in [7, 11) is 0. The van der Waals surface area contributed by atoms with E-state index in [4.69, 9.17) is 14.7 Å².